The van der Waals surface area contributed by atoms with E-state index in [0.717, 1.165) is 0 Å². The van der Waals surface area contributed by atoms with Crippen LogP contribution >= 0.6 is 11.6 Å². The van der Waals surface area contributed by atoms with Crippen molar-refractivity contribution in [2.75, 3.05) is 18.2 Å². The average molecular weight is 321 g/mol. The molecule has 116 valence electrons. The van der Waals surface area contributed by atoms with Crippen LogP contribution in [0.3, 0.4) is 0 Å². The van der Waals surface area contributed by atoms with Crippen molar-refractivity contribution < 1.29 is 14.3 Å². The van der Waals surface area contributed by atoms with Crippen LogP contribution in [-0.4, -0.2) is 19.1 Å². The predicted molar refractivity (Wildman–Crippen MR) is 87.6 cm³/mol. The summed E-state index contributed by atoms with van der Waals surface area (Å²) in [5, 5.41) is 3.34. The zero-order valence-corrected chi connectivity index (χ0v) is 13.1. The molecule has 0 aliphatic heterocycles. The summed E-state index contributed by atoms with van der Waals surface area (Å²) in [7, 11) is 1.52. The van der Waals surface area contributed by atoms with Gasteiger partial charge in [-0.2, -0.15) is 0 Å². The Morgan fingerprint density at radius 3 is 2.55 bits per heavy atom. The third-order valence-electron chi connectivity index (χ3n) is 2.98. The van der Waals surface area contributed by atoms with Gasteiger partial charge in [-0.25, -0.2) is 0 Å². The Hall–Kier alpha value is -2.40. The summed E-state index contributed by atoms with van der Waals surface area (Å²) in [5.41, 5.74) is 6.75. The Morgan fingerprint density at radius 1 is 1.23 bits per heavy atom. The van der Waals surface area contributed by atoms with Gasteiger partial charge < -0.3 is 20.5 Å². The Balaban J connectivity index is 2.05. The molecule has 0 unspecified atom stereocenters. The molecule has 0 aliphatic carbocycles. The van der Waals surface area contributed by atoms with E-state index in [9.17, 15) is 4.79 Å². The zero-order valence-electron chi connectivity index (χ0n) is 12.3. The van der Waals surface area contributed by atoms with Gasteiger partial charge in [0.1, 0.15) is 11.5 Å². The second-order valence-corrected chi connectivity index (χ2v) is 5.10. The van der Waals surface area contributed by atoms with Gasteiger partial charge in [-0.15, -0.1) is 0 Å². The van der Waals surface area contributed by atoms with E-state index >= 15 is 0 Å². The fourth-order valence-corrected chi connectivity index (χ4v) is 1.95. The Labute approximate surface area is 134 Å². The number of rotatable bonds is 5. The van der Waals surface area contributed by atoms with Crippen LogP contribution in [0.25, 0.3) is 0 Å². The summed E-state index contributed by atoms with van der Waals surface area (Å²) in [5.74, 6) is 0.784. The molecular formula is C16H17ClN2O3. The Bertz CT molecular complexity index is 659. The number of nitrogens with one attached hydrogen (secondary N) is 1. The van der Waals surface area contributed by atoms with Gasteiger partial charge in [-0.3, -0.25) is 4.79 Å². The van der Waals surface area contributed by atoms with Gasteiger partial charge in [0.2, 0.25) is 0 Å². The zero-order chi connectivity index (χ0) is 16.1. The maximum absolute atomic E-state index is 12.2. The monoisotopic (exact) mass is 320 g/mol. The lowest BCUT2D eigenvalue weighted by atomic mass is 10.2. The normalized spacial score (nSPS) is 11.6. The van der Waals surface area contributed by atoms with Crippen LogP contribution in [-0.2, 0) is 4.79 Å². The predicted octanol–water partition coefficient (Wildman–Crippen LogP) is 3.34. The van der Waals surface area contributed by atoms with E-state index in [-0.39, 0.29) is 5.91 Å². The fourth-order valence-electron chi connectivity index (χ4n) is 1.83. The van der Waals surface area contributed by atoms with Gasteiger partial charge in [-0.05, 0) is 49.4 Å². The van der Waals surface area contributed by atoms with Crippen molar-refractivity contribution in [3.8, 4) is 11.5 Å². The molecule has 0 aromatic heterocycles. The SMILES string of the molecule is COc1ccc(N)cc1NC(=O)[C@@H](C)Oc1ccc(Cl)cc1. The molecule has 0 bridgehead atoms. The number of ether oxygens (including phenoxy) is 2. The molecule has 2 aromatic rings. The number of halogens is 1. The van der Waals surface area contributed by atoms with Crippen molar-refractivity contribution in [3.05, 3.63) is 47.5 Å². The van der Waals surface area contributed by atoms with Gasteiger partial charge in [0.25, 0.3) is 5.91 Å². The summed E-state index contributed by atoms with van der Waals surface area (Å²) in [6.07, 6.45) is -0.688. The maximum Gasteiger partial charge on any atom is 0.265 e. The first-order valence-corrected chi connectivity index (χ1v) is 7.04. The van der Waals surface area contributed by atoms with E-state index < -0.39 is 6.10 Å². The summed E-state index contributed by atoms with van der Waals surface area (Å²) in [6.45, 7) is 1.66. The third-order valence-corrected chi connectivity index (χ3v) is 3.23. The highest BCUT2D eigenvalue weighted by atomic mass is 35.5. The van der Waals surface area contributed by atoms with Gasteiger partial charge in [0.05, 0.1) is 12.8 Å². The number of amides is 1. The first-order valence-electron chi connectivity index (χ1n) is 6.66. The molecule has 0 aliphatic rings. The number of nitrogen functional groups attached to an aromatic ring is 1. The van der Waals surface area contributed by atoms with Crippen LogP contribution in [0.4, 0.5) is 11.4 Å². The van der Waals surface area contributed by atoms with Crippen molar-refractivity contribution in [2.24, 2.45) is 0 Å². The summed E-state index contributed by atoms with van der Waals surface area (Å²) in [4.78, 5) is 12.2. The maximum atomic E-state index is 12.2. The van der Waals surface area contributed by atoms with E-state index in [1.165, 1.54) is 7.11 Å². The molecule has 5 nitrogen and oxygen atoms in total. The van der Waals surface area contributed by atoms with Crippen LogP contribution in [0, 0.1) is 0 Å². The number of carbonyl (C=O) groups is 1. The lowest BCUT2D eigenvalue weighted by Crippen LogP contribution is -2.30. The Morgan fingerprint density at radius 2 is 1.91 bits per heavy atom. The van der Waals surface area contributed by atoms with Gasteiger partial charge >= 0.3 is 0 Å². The van der Waals surface area contributed by atoms with Crippen molar-refractivity contribution in [3.63, 3.8) is 0 Å². The van der Waals surface area contributed by atoms with Gasteiger partial charge in [0, 0.05) is 10.7 Å². The van der Waals surface area contributed by atoms with E-state index in [1.807, 2.05) is 0 Å². The quantitative estimate of drug-likeness (QED) is 0.829. The molecule has 0 heterocycles. The minimum atomic E-state index is -0.688. The number of nitrogens with two attached hydrogens (primary N) is 1. The lowest BCUT2D eigenvalue weighted by Gasteiger charge is -2.16. The second-order valence-electron chi connectivity index (χ2n) is 4.66. The highest BCUT2D eigenvalue weighted by molar-refractivity contribution is 6.30. The summed E-state index contributed by atoms with van der Waals surface area (Å²) >= 11 is 5.81. The van der Waals surface area contributed by atoms with Crippen LogP contribution in [0.15, 0.2) is 42.5 Å². The van der Waals surface area contributed by atoms with Crippen LogP contribution in [0.1, 0.15) is 6.92 Å². The van der Waals surface area contributed by atoms with Gasteiger partial charge in [0.15, 0.2) is 6.10 Å². The largest absolute Gasteiger partial charge is 0.495 e. The molecule has 0 radical (unpaired) electrons. The van der Waals surface area contributed by atoms with E-state index in [0.29, 0.717) is 27.9 Å². The van der Waals surface area contributed by atoms with Crippen LogP contribution < -0.4 is 20.5 Å². The highest BCUT2D eigenvalue weighted by Gasteiger charge is 2.17. The molecule has 6 heteroatoms. The first-order chi connectivity index (χ1) is 10.5. The average Bonchev–Trinajstić information content (AvgIpc) is 2.49. The smallest absolute Gasteiger partial charge is 0.265 e. The third kappa shape index (κ3) is 4.05. The summed E-state index contributed by atoms with van der Waals surface area (Å²) in [6, 6.07) is 11.8. The number of benzene rings is 2. The molecule has 1 amide bonds. The molecule has 2 rings (SSSR count). The topological polar surface area (TPSA) is 73.6 Å². The van der Waals surface area contributed by atoms with Crippen molar-refractivity contribution in [1.82, 2.24) is 0 Å². The second kappa shape index (κ2) is 7.04. The molecule has 0 saturated carbocycles. The van der Waals surface area contributed by atoms with E-state index in [2.05, 4.69) is 5.32 Å². The fraction of sp³-hybridized carbons (Fsp3) is 0.188. The minimum Gasteiger partial charge on any atom is -0.495 e. The van der Waals surface area contributed by atoms with Crippen molar-refractivity contribution >= 4 is 28.9 Å². The molecule has 0 spiro atoms. The van der Waals surface area contributed by atoms with Crippen molar-refractivity contribution in [1.29, 1.82) is 0 Å². The molecule has 1 atom stereocenters. The molecule has 2 aromatic carbocycles. The minimum absolute atomic E-state index is 0.307. The molecule has 22 heavy (non-hydrogen) atoms. The van der Waals surface area contributed by atoms with E-state index in [1.54, 1.807) is 49.4 Å². The number of carbonyl (C=O) groups excluding carboxylic acids is 1. The molecular weight excluding hydrogens is 304 g/mol. The lowest BCUT2D eigenvalue weighted by molar-refractivity contribution is -0.122. The number of hydrogen-bond donors (Lipinski definition) is 2. The van der Waals surface area contributed by atoms with Gasteiger partial charge in [-0.1, -0.05) is 11.6 Å². The summed E-state index contributed by atoms with van der Waals surface area (Å²) < 4.78 is 10.8. The number of hydrogen-bond acceptors (Lipinski definition) is 4. The van der Waals surface area contributed by atoms with Crippen LogP contribution in [0.2, 0.25) is 5.02 Å². The Kier molecular flexibility index (Phi) is 5.12. The van der Waals surface area contributed by atoms with Crippen LogP contribution in [0.5, 0.6) is 11.5 Å². The highest BCUT2D eigenvalue weighted by Crippen LogP contribution is 2.27. The van der Waals surface area contributed by atoms with E-state index in [4.69, 9.17) is 26.8 Å². The standard InChI is InChI=1S/C16H17ClN2O3/c1-10(22-13-6-3-11(17)4-7-13)16(20)19-14-9-12(18)5-8-15(14)21-2/h3-10H,18H2,1-2H3,(H,19,20)/t10-/m1/s1. The number of methoxy groups -OCH3 is 1. The molecule has 3 N–H and O–H groups in total. The molecule has 0 saturated heterocycles. The number of anilines is 2. The first kappa shape index (κ1) is 16.0. The van der Waals surface area contributed by atoms with Crippen molar-refractivity contribution in [2.45, 2.75) is 13.0 Å². The molecule has 0 fully saturated rings.